The fraction of sp³-hybridized carbons (Fsp3) is 0.0385. The van der Waals surface area contributed by atoms with Crippen molar-refractivity contribution in [1.29, 1.82) is 0 Å². The highest BCUT2D eigenvalue weighted by Crippen LogP contribution is 2.30. The van der Waals surface area contributed by atoms with Gasteiger partial charge in [0, 0.05) is 16.6 Å². The average molecular weight is 364 g/mol. The molecule has 1 N–H and O–H groups in total. The summed E-state index contributed by atoms with van der Waals surface area (Å²) in [5.41, 5.74) is 7.48. The number of pyridine rings is 1. The largest absolute Gasteiger partial charge is 0.362 e. The molecule has 0 aliphatic rings. The topological polar surface area (TPSA) is 24.9 Å². The Bertz CT molecular complexity index is 1110. The molecule has 0 saturated carbocycles. The molecule has 28 heavy (non-hydrogen) atoms. The lowest BCUT2D eigenvalue weighted by molar-refractivity contribution is 1.39. The van der Waals surface area contributed by atoms with Gasteiger partial charge in [-0.15, -0.1) is 0 Å². The third-order valence-corrected chi connectivity index (χ3v) is 4.63. The summed E-state index contributed by atoms with van der Waals surface area (Å²) in [5, 5.41) is 4.31. The molecule has 0 spiro atoms. The Hall–Kier alpha value is -3.65. The summed E-state index contributed by atoms with van der Waals surface area (Å²) in [5.74, 6) is 0. The molecule has 0 bridgehead atoms. The maximum atomic E-state index is 4.83. The molecule has 0 amide bonds. The lowest BCUT2D eigenvalue weighted by Crippen LogP contribution is -1.93. The normalized spacial score (nSPS) is 10.1. The van der Waals surface area contributed by atoms with E-state index in [1.54, 1.807) is 6.20 Å². The summed E-state index contributed by atoms with van der Waals surface area (Å²) >= 11 is 0. The van der Waals surface area contributed by atoms with E-state index in [9.17, 15) is 0 Å². The van der Waals surface area contributed by atoms with Crippen molar-refractivity contribution in [3.63, 3.8) is 0 Å². The van der Waals surface area contributed by atoms with Crippen molar-refractivity contribution < 1.29 is 0 Å². The molecule has 4 aromatic rings. The molecule has 0 unspecified atom stereocenters. The van der Waals surface area contributed by atoms with Crippen molar-refractivity contribution >= 4 is 22.7 Å². The third kappa shape index (κ3) is 3.72. The molecule has 3 aromatic carbocycles. The molecule has 0 fully saturated rings. The van der Waals surface area contributed by atoms with E-state index in [1.165, 1.54) is 11.1 Å². The maximum absolute atomic E-state index is 4.83. The first-order valence-electron chi connectivity index (χ1n) is 8.89. The van der Waals surface area contributed by atoms with Gasteiger partial charge in [-0.25, -0.2) is 4.98 Å². The molecule has 0 saturated heterocycles. The van der Waals surface area contributed by atoms with Crippen LogP contribution in [0.3, 0.4) is 0 Å². The third-order valence-electron chi connectivity index (χ3n) is 4.63. The standard InChI is InChI=1S/C25H20N2.CH4/c1-3-18-9-11-19(12-10-18)20-13-15-21(16-14-20)24-17-25(26-4-2)22-7-5-6-8-23(22)27-24;/h3-17H,1-2H2,(H,26,27);1H4. The van der Waals surface area contributed by atoms with Gasteiger partial charge in [0.05, 0.1) is 11.2 Å². The minimum atomic E-state index is 0. The number of rotatable bonds is 5. The molecule has 0 radical (unpaired) electrons. The Morgan fingerprint density at radius 3 is 2.00 bits per heavy atom. The number of nitrogens with one attached hydrogen (secondary N) is 1. The minimum absolute atomic E-state index is 0. The van der Waals surface area contributed by atoms with Gasteiger partial charge in [0.2, 0.25) is 0 Å². The number of fused-ring (bicyclic) bond motifs is 1. The highest BCUT2D eigenvalue weighted by Gasteiger charge is 2.07. The Morgan fingerprint density at radius 1 is 0.750 bits per heavy atom. The van der Waals surface area contributed by atoms with Gasteiger partial charge in [-0.2, -0.15) is 0 Å². The number of hydrogen-bond acceptors (Lipinski definition) is 2. The summed E-state index contributed by atoms with van der Waals surface area (Å²) in [6.45, 7) is 7.59. The highest BCUT2D eigenvalue weighted by molar-refractivity contribution is 5.94. The monoisotopic (exact) mass is 364 g/mol. The Morgan fingerprint density at radius 2 is 1.36 bits per heavy atom. The quantitative estimate of drug-likeness (QED) is 0.399. The maximum Gasteiger partial charge on any atom is 0.0730 e. The zero-order valence-corrected chi connectivity index (χ0v) is 15.0. The van der Waals surface area contributed by atoms with Crippen LogP contribution in [0.4, 0.5) is 5.69 Å². The van der Waals surface area contributed by atoms with Gasteiger partial charge in [0.25, 0.3) is 0 Å². The lowest BCUT2D eigenvalue weighted by atomic mass is 10.0. The van der Waals surface area contributed by atoms with Crippen molar-refractivity contribution in [2.75, 3.05) is 5.32 Å². The van der Waals surface area contributed by atoms with Gasteiger partial charge in [-0.3, -0.25) is 0 Å². The molecule has 0 aliphatic heterocycles. The number of nitrogens with zero attached hydrogens (tertiary/aromatic N) is 1. The Kier molecular flexibility index (Phi) is 5.71. The summed E-state index contributed by atoms with van der Waals surface area (Å²) < 4.78 is 0. The van der Waals surface area contributed by atoms with Crippen LogP contribution >= 0.6 is 0 Å². The van der Waals surface area contributed by atoms with E-state index in [-0.39, 0.29) is 7.43 Å². The van der Waals surface area contributed by atoms with E-state index in [0.717, 1.165) is 33.4 Å². The first kappa shape index (κ1) is 19.1. The SMILES string of the molecule is C.C=CNc1cc(-c2ccc(-c3ccc(C=C)cc3)cc2)nc2ccccc12. The molecular weight excluding hydrogens is 340 g/mol. The van der Waals surface area contributed by atoms with E-state index < -0.39 is 0 Å². The summed E-state index contributed by atoms with van der Waals surface area (Å²) in [7, 11) is 0. The van der Waals surface area contributed by atoms with Crippen LogP contribution in [-0.2, 0) is 0 Å². The van der Waals surface area contributed by atoms with Crippen LogP contribution in [0.15, 0.2) is 98.2 Å². The van der Waals surface area contributed by atoms with Crippen LogP contribution < -0.4 is 5.32 Å². The van der Waals surface area contributed by atoms with Crippen LogP contribution in [-0.4, -0.2) is 4.98 Å². The molecule has 2 nitrogen and oxygen atoms in total. The van der Waals surface area contributed by atoms with Gasteiger partial charge >= 0.3 is 0 Å². The van der Waals surface area contributed by atoms with Crippen LogP contribution in [0.1, 0.15) is 13.0 Å². The average Bonchev–Trinajstić information content (AvgIpc) is 2.74. The van der Waals surface area contributed by atoms with Crippen LogP contribution in [0.5, 0.6) is 0 Å². The van der Waals surface area contributed by atoms with E-state index in [2.05, 4.69) is 79.1 Å². The Balaban J connectivity index is 0.00000225. The van der Waals surface area contributed by atoms with Crippen molar-refractivity contribution in [3.05, 3.63) is 104 Å². The fourth-order valence-electron chi connectivity index (χ4n) is 3.20. The van der Waals surface area contributed by atoms with Gasteiger partial charge in [-0.1, -0.05) is 93.4 Å². The van der Waals surface area contributed by atoms with E-state index >= 15 is 0 Å². The first-order chi connectivity index (χ1) is 13.3. The zero-order chi connectivity index (χ0) is 18.6. The van der Waals surface area contributed by atoms with E-state index in [4.69, 9.17) is 4.98 Å². The molecule has 2 heteroatoms. The van der Waals surface area contributed by atoms with Crippen molar-refractivity contribution in [1.82, 2.24) is 4.98 Å². The van der Waals surface area contributed by atoms with E-state index in [1.807, 2.05) is 24.3 Å². The Labute approximate surface area is 166 Å². The van der Waals surface area contributed by atoms with Crippen LogP contribution in [0, 0.1) is 0 Å². The molecule has 1 heterocycles. The number of benzene rings is 3. The molecule has 0 atom stereocenters. The minimum Gasteiger partial charge on any atom is -0.362 e. The predicted octanol–water partition coefficient (Wildman–Crippen LogP) is 7.40. The van der Waals surface area contributed by atoms with Crippen molar-refractivity contribution in [3.8, 4) is 22.4 Å². The number of anilines is 1. The number of para-hydroxylation sites is 1. The highest BCUT2D eigenvalue weighted by atomic mass is 14.9. The fourth-order valence-corrected chi connectivity index (χ4v) is 3.20. The molecular formula is C26H24N2. The molecule has 1 aromatic heterocycles. The number of aromatic nitrogens is 1. The van der Waals surface area contributed by atoms with E-state index in [0.29, 0.717) is 0 Å². The van der Waals surface area contributed by atoms with Gasteiger partial charge in [0.1, 0.15) is 0 Å². The van der Waals surface area contributed by atoms with Gasteiger partial charge < -0.3 is 5.32 Å². The molecule has 0 aliphatic carbocycles. The second-order valence-corrected chi connectivity index (χ2v) is 6.32. The summed E-state index contributed by atoms with van der Waals surface area (Å²) in [6.07, 6.45) is 3.55. The lowest BCUT2D eigenvalue weighted by Gasteiger charge is -2.10. The van der Waals surface area contributed by atoms with Crippen molar-refractivity contribution in [2.45, 2.75) is 7.43 Å². The second-order valence-electron chi connectivity index (χ2n) is 6.32. The summed E-state index contributed by atoms with van der Waals surface area (Å²) in [4.78, 5) is 4.83. The van der Waals surface area contributed by atoms with Crippen LogP contribution in [0.25, 0.3) is 39.4 Å². The van der Waals surface area contributed by atoms with Gasteiger partial charge in [-0.05, 0) is 35.0 Å². The zero-order valence-electron chi connectivity index (χ0n) is 15.0. The first-order valence-corrected chi connectivity index (χ1v) is 8.89. The second kappa shape index (κ2) is 8.36. The van der Waals surface area contributed by atoms with Crippen LogP contribution in [0.2, 0.25) is 0 Å². The van der Waals surface area contributed by atoms with Gasteiger partial charge in [0.15, 0.2) is 0 Å². The molecule has 138 valence electrons. The summed E-state index contributed by atoms with van der Waals surface area (Å²) in [6, 6.07) is 27.1. The number of hydrogen-bond donors (Lipinski definition) is 1. The van der Waals surface area contributed by atoms with Crippen molar-refractivity contribution in [2.24, 2.45) is 0 Å². The predicted molar refractivity (Wildman–Crippen MR) is 123 cm³/mol. The molecule has 4 rings (SSSR count). The smallest absolute Gasteiger partial charge is 0.0730 e.